The molecular formula is C16H26ClN6O3P. The fourth-order valence-corrected chi connectivity index (χ4v) is 4.60. The second-order valence-corrected chi connectivity index (χ2v) is 8.42. The van der Waals surface area contributed by atoms with E-state index in [4.69, 9.17) is 27.2 Å². The number of hydrogen-bond acceptors (Lipinski definition) is 7. The Morgan fingerprint density at radius 2 is 2.11 bits per heavy atom. The third-order valence-corrected chi connectivity index (χ3v) is 6.40. The number of alkyl halides is 1. The summed E-state index contributed by atoms with van der Waals surface area (Å²) in [5.74, 6) is 0.824. The van der Waals surface area contributed by atoms with Crippen LogP contribution in [0.15, 0.2) is 11.3 Å². The van der Waals surface area contributed by atoms with Gasteiger partial charge in [-0.3, -0.25) is 9.46 Å². The molecule has 1 aromatic rings. The van der Waals surface area contributed by atoms with E-state index in [2.05, 4.69) is 25.0 Å². The quantitative estimate of drug-likeness (QED) is 0.244. The molecule has 0 saturated carbocycles. The Kier molecular flexibility index (Phi) is 8.74. The van der Waals surface area contributed by atoms with Crippen LogP contribution in [0.4, 0.5) is 5.82 Å². The van der Waals surface area contributed by atoms with E-state index >= 15 is 0 Å². The summed E-state index contributed by atoms with van der Waals surface area (Å²) in [6.45, 7) is 14.1. The van der Waals surface area contributed by atoms with Gasteiger partial charge >= 0.3 is 7.60 Å². The van der Waals surface area contributed by atoms with Gasteiger partial charge in [0.15, 0.2) is 5.50 Å². The SMILES string of the molecule is [C-]#[N+]CCN(CCn1cnc2c1NC=NC2Cl)CCP(=O)(OCC)OCC. The van der Waals surface area contributed by atoms with Gasteiger partial charge in [0.25, 0.3) is 0 Å². The van der Waals surface area contributed by atoms with E-state index in [9.17, 15) is 4.57 Å². The van der Waals surface area contributed by atoms with Crippen molar-refractivity contribution in [3.8, 4) is 0 Å². The molecule has 0 amide bonds. The third-order valence-electron chi connectivity index (χ3n) is 4.03. The number of fused-ring (bicyclic) bond motifs is 1. The maximum absolute atomic E-state index is 12.7. The van der Waals surface area contributed by atoms with Crippen LogP contribution in [0.5, 0.6) is 0 Å². The normalized spacial score (nSPS) is 16.2. The summed E-state index contributed by atoms with van der Waals surface area (Å²) >= 11 is 6.13. The number of aliphatic imine (C=N–C) groups is 1. The first-order chi connectivity index (χ1) is 13.0. The zero-order valence-corrected chi connectivity index (χ0v) is 17.3. The molecule has 1 atom stereocenters. The maximum Gasteiger partial charge on any atom is 0.331 e. The molecule has 1 aliphatic rings. The average molecular weight is 417 g/mol. The largest absolute Gasteiger partial charge is 0.331 e. The first kappa shape index (κ1) is 21.9. The molecule has 2 heterocycles. The number of imidazole rings is 1. The second-order valence-electron chi connectivity index (χ2n) is 5.82. The molecule has 0 aromatic carbocycles. The van der Waals surface area contributed by atoms with Gasteiger partial charge in [0.2, 0.25) is 6.54 Å². The minimum absolute atomic E-state index is 0.295. The van der Waals surface area contributed by atoms with Crippen LogP contribution in [0.25, 0.3) is 4.85 Å². The standard InChI is InChI=1S/C16H26ClN6O3P/c1-4-25-27(24,26-5-2)11-10-22(7-6-18-3)8-9-23-13-21-14-15(17)19-12-20-16(14)23/h12-13,15H,4-11H2,1-2H3,(H,19,20). The summed E-state index contributed by atoms with van der Waals surface area (Å²) in [5, 5.41) is 3.07. The fourth-order valence-electron chi connectivity index (χ4n) is 2.73. The molecule has 9 nitrogen and oxygen atoms in total. The summed E-state index contributed by atoms with van der Waals surface area (Å²) in [4.78, 5) is 13.9. The number of anilines is 1. The van der Waals surface area contributed by atoms with Gasteiger partial charge in [0.05, 0.1) is 38.6 Å². The first-order valence-corrected chi connectivity index (χ1v) is 11.1. The highest BCUT2D eigenvalue weighted by molar-refractivity contribution is 7.53. The van der Waals surface area contributed by atoms with E-state index in [1.807, 2.05) is 4.57 Å². The maximum atomic E-state index is 12.7. The van der Waals surface area contributed by atoms with Crippen molar-refractivity contribution < 1.29 is 13.6 Å². The molecule has 0 saturated heterocycles. The van der Waals surface area contributed by atoms with Crippen LogP contribution in [0, 0.1) is 6.57 Å². The number of aromatic nitrogens is 2. The number of hydrogen-bond donors (Lipinski definition) is 1. The molecule has 0 fully saturated rings. The van der Waals surface area contributed by atoms with E-state index in [1.54, 1.807) is 26.5 Å². The topological polar surface area (TPSA) is 85.3 Å². The molecule has 150 valence electrons. The molecule has 1 aliphatic heterocycles. The third kappa shape index (κ3) is 6.30. The van der Waals surface area contributed by atoms with Gasteiger partial charge in [-0.1, -0.05) is 11.6 Å². The summed E-state index contributed by atoms with van der Waals surface area (Å²) in [6, 6.07) is 0. The van der Waals surface area contributed by atoms with Crippen LogP contribution in [0.2, 0.25) is 0 Å². The van der Waals surface area contributed by atoms with E-state index in [0.717, 1.165) is 5.82 Å². The number of nitrogens with one attached hydrogen (secondary N) is 1. The van der Waals surface area contributed by atoms with Crippen molar-refractivity contribution in [1.29, 1.82) is 0 Å². The second kappa shape index (κ2) is 10.8. The van der Waals surface area contributed by atoms with Crippen LogP contribution in [0.3, 0.4) is 0 Å². The van der Waals surface area contributed by atoms with Gasteiger partial charge in [-0.25, -0.2) is 16.5 Å². The van der Waals surface area contributed by atoms with E-state index in [1.165, 1.54) is 0 Å². The summed E-state index contributed by atoms with van der Waals surface area (Å²) in [7, 11) is -3.10. The molecule has 0 bridgehead atoms. The van der Waals surface area contributed by atoms with Crippen LogP contribution in [-0.2, 0) is 20.2 Å². The highest BCUT2D eigenvalue weighted by atomic mass is 35.5. The molecule has 2 rings (SSSR count). The Morgan fingerprint density at radius 1 is 1.37 bits per heavy atom. The molecule has 0 aliphatic carbocycles. The minimum atomic E-state index is -3.10. The molecule has 1 unspecified atom stereocenters. The number of nitrogens with zero attached hydrogens (tertiary/aromatic N) is 5. The Morgan fingerprint density at radius 3 is 2.78 bits per heavy atom. The van der Waals surface area contributed by atoms with Crippen LogP contribution < -0.4 is 5.32 Å². The predicted molar refractivity (Wildman–Crippen MR) is 107 cm³/mol. The lowest BCUT2D eigenvalue weighted by molar-refractivity contribution is 0.212. The lowest BCUT2D eigenvalue weighted by Gasteiger charge is -2.24. The number of halogens is 1. The molecule has 11 heteroatoms. The van der Waals surface area contributed by atoms with E-state index in [-0.39, 0.29) is 0 Å². The van der Waals surface area contributed by atoms with Crippen molar-refractivity contribution in [3.63, 3.8) is 0 Å². The molecule has 1 aromatic heterocycles. The molecule has 1 N–H and O–H groups in total. The smallest absolute Gasteiger partial charge is 0.331 e. The average Bonchev–Trinajstić information content (AvgIpc) is 3.06. The highest BCUT2D eigenvalue weighted by Crippen LogP contribution is 2.47. The van der Waals surface area contributed by atoms with Gasteiger partial charge in [0, 0.05) is 19.6 Å². The van der Waals surface area contributed by atoms with Crippen molar-refractivity contribution in [2.45, 2.75) is 25.9 Å². The Hall–Kier alpha value is -1.43. The lowest BCUT2D eigenvalue weighted by Crippen LogP contribution is -2.33. The Balaban J connectivity index is 1.97. The van der Waals surface area contributed by atoms with Crippen molar-refractivity contribution >= 4 is 31.4 Å². The van der Waals surface area contributed by atoms with E-state index in [0.29, 0.717) is 57.8 Å². The Bertz CT molecular complexity index is 709. The minimum Gasteiger partial charge on any atom is -0.331 e. The van der Waals surface area contributed by atoms with Gasteiger partial charge < -0.3 is 23.8 Å². The van der Waals surface area contributed by atoms with Crippen molar-refractivity contribution in [2.75, 3.05) is 50.9 Å². The van der Waals surface area contributed by atoms with E-state index < -0.39 is 13.1 Å². The van der Waals surface area contributed by atoms with Gasteiger partial charge in [-0.05, 0) is 13.8 Å². The fraction of sp³-hybridized carbons (Fsp3) is 0.688. The van der Waals surface area contributed by atoms with Crippen LogP contribution in [0.1, 0.15) is 25.0 Å². The molecule has 0 spiro atoms. The summed E-state index contributed by atoms with van der Waals surface area (Å²) in [5.41, 5.74) is 0.216. The van der Waals surface area contributed by atoms with Crippen molar-refractivity contribution in [1.82, 2.24) is 14.5 Å². The van der Waals surface area contributed by atoms with Gasteiger partial charge in [-0.15, -0.1) is 0 Å². The van der Waals surface area contributed by atoms with Crippen molar-refractivity contribution in [2.24, 2.45) is 4.99 Å². The monoisotopic (exact) mass is 416 g/mol. The first-order valence-electron chi connectivity index (χ1n) is 8.94. The zero-order valence-electron chi connectivity index (χ0n) is 15.7. The lowest BCUT2D eigenvalue weighted by atomic mass is 10.4. The van der Waals surface area contributed by atoms with Gasteiger partial charge in [-0.2, -0.15) is 0 Å². The van der Waals surface area contributed by atoms with Crippen LogP contribution in [-0.4, -0.2) is 66.3 Å². The molecule has 0 radical (unpaired) electrons. The predicted octanol–water partition coefficient (Wildman–Crippen LogP) is 3.06. The Labute approximate surface area is 165 Å². The molecule has 27 heavy (non-hydrogen) atoms. The summed E-state index contributed by atoms with van der Waals surface area (Å²) < 4.78 is 25.3. The number of rotatable bonds is 12. The van der Waals surface area contributed by atoms with Crippen molar-refractivity contribution in [3.05, 3.63) is 23.4 Å². The molecular weight excluding hydrogens is 391 g/mol. The zero-order chi connectivity index (χ0) is 19.7. The summed E-state index contributed by atoms with van der Waals surface area (Å²) in [6.07, 6.45) is 3.58. The van der Waals surface area contributed by atoms with Gasteiger partial charge in [0.1, 0.15) is 11.5 Å². The highest BCUT2D eigenvalue weighted by Gasteiger charge is 2.25. The van der Waals surface area contributed by atoms with Crippen LogP contribution >= 0.6 is 19.2 Å².